The number of aromatic amines is 1. The number of hydrogen-bond acceptors (Lipinski definition) is 3. The number of benzene rings is 2. The second-order valence-corrected chi connectivity index (χ2v) is 8.63. The number of hydrogen-bond donors (Lipinski definition) is 2. The minimum absolute atomic E-state index is 0.0329. The van der Waals surface area contributed by atoms with E-state index in [1.807, 2.05) is 30.3 Å². The highest BCUT2D eigenvalue weighted by Gasteiger charge is 2.27. The lowest BCUT2D eigenvalue weighted by molar-refractivity contribution is 0.0706. The van der Waals surface area contributed by atoms with Crippen LogP contribution in [0.5, 0.6) is 0 Å². The van der Waals surface area contributed by atoms with Crippen molar-refractivity contribution in [1.29, 1.82) is 0 Å². The van der Waals surface area contributed by atoms with Crippen molar-refractivity contribution >= 4 is 26.8 Å². The zero-order valence-corrected chi connectivity index (χ0v) is 15.9. The SMILES string of the molecule is O=C(c1cc2ccccc2[nH]1)N1CCC(NS(=O)(=O)c2ccc(F)cc2)CC1. The Balaban J connectivity index is 1.39. The number of nitrogens with one attached hydrogen (secondary N) is 2. The fraction of sp³-hybridized carbons (Fsp3) is 0.250. The van der Waals surface area contributed by atoms with Gasteiger partial charge < -0.3 is 9.88 Å². The Morgan fingerprint density at radius 2 is 1.75 bits per heavy atom. The highest BCUT2D eigenvalue weighted by atomic mass is 32.2. The number of carbonyl (C=O) groups excluding carboxylic acids is 1. The van der Waals surface area contributed by atoms with Crippen molar-refractivity contribution in [2.45, 2.75) is 23.8 Å². The first-order valence-corrected chi connectivity index (χ1v) is 10.6. The summed E-state index contributed by atoms with van der Waals surface area (Å²) in [4.78, 5) is 17.6. The van der Waals surface area contributed by atoms with Gasteiger partial charge in [-0.2, -0.15) is 0 Å². The van der Waals surface area contributed by atoms with Gasteiger partial charge in [0.1, 0.15) is 11.5 Å². The molecular weight excluding hydrogens is 381 g/mol. The van der Waals surface area contributed by atoms with E-state index < -0.39 is 15.8 Å². The molecule has 3 aromatic rings. The molecule has 0 spiro atoms. The maximum atomic E-state index is 13.0. The van der Waals surface area contributed by atoms with Gasteiger partial charge >= 0.3 is 0 Å². The Morgan fingerprint density at radius 1 is 1.07 bits per heavy atom. The van der Waals surface area contributed by atoms with Crippen LogP contribution >= 0.6 is 0 Å². The van der Waals surface area contributed by atoms with E-state index >= 15 is 0 Å². The fourth-order valence-corrected chi connectivity index (χ4v) is 4.77. The van der Waals surface area contributed by atoms with E-state index in [4.69, 9.17) is 0 Å². The lowest BCUT2D eigenvalue weighted by Gasteiger charge is -2.32. The third-order valence-corrected chi connectivity index (χ3v) is 6.52. The molecule has 28 heavy (non-hydrogen) atoms. The third kappa shape index (κ3) is 3.79. The summed E-state index contributed by atoms with van der Waals surface area (Å²) < 4.78 is 40.5. The molecule has 2 heterocycles. The van der Waals surface area contributed by atoms with E-state index in [0.29, 0.717) is 31.6 Å². The fourth-order valence-electron chi connectivity index (χ4n) is 3.46. The summed E-state index contributed by atoms with van der Waals surface area (Å²) in [5, 5.41) is 0.979. The quantitative estimate of drug-likeness (QED) is 0.705. The van der Waals surface area contributed by atoms with Crippen molar-refractivity contribution < 1.29 is 17.6 Å². The number of fused-ring (bicyclic) bond motifs is 1. The number of piperidine rings is 1. The Bertz CT molecular complexity index is 1070. The van der Waals surface area contributed by atoms with E-state index in [2.05, 4.69) is 9.71 Å². The van der Waals surface area contributed by atoms with Crippen molar-refractivity contribution in [2.75, 3.05) is 13.1 Å². The maximum absolute atomic E-state index is 13.0. The van der Waals surface area contributed by atoms with Crippen LogP contribution < -0.4 is 4.72 Å². The van der Waals surface area contributed by atoms with Crippen LogP contribution in [-0.2, 0) is 10.0 Å². The van der Waals surface area contributed by atoms with E-state index in [-0.39, 0.29) is 16.8 Å². The minimum atomic E-state index is -3.71. The summed E-state index contributed by atoms with van der Waals surface area (Å²) >= 11 is 0. The molecule has 2 aromatic carbocycles. The monoisotopic (exact) mass is 401 g/mol. The molecule has 1 aliphatic heterocycles. The summed E-state index contributed by atoms with van der Waals surface area (Å²) in [5.74, 6) is -0.571. The largest absolute Gasteiger partial charge is 0.351 e. The molecule has 0 bridgehead atoms. The number of rotatable bonds is 4. The molecule has 2 N–H and O–H groups in total. The third-order valence-electron chi connectivity index (χ3n) is 4.99. The number of nitrogens with zero attached hydrogens (tertiary/aromatic N) is 1. The molecule has 0 aliphatic carbocycles. The van der Waals surface area contributed by atoms with E-state index in [1.54, 1.807) is 4.90 Å². The van der Waals surface area contributed by atoms with Crippen molar-refractivity contribution in [3.8, 4) is 0 Å². The number of para-hydroxylation sites is 1. The van der Waals surface area contributed by atoms with Gasteiger partial charge in [-0.25, -0.2) is 17.5 Å². The van der Waals surface area contributed by atoms with Crippen LogP contribution in [0.15, 0.2) is 59.5 Å². The van der Waals surface area contributed by atoms with Crippen LogP contribution in [0.4, 0.5) is 4.39 Å². The Hall–Kier alpha value is -2.71. The summed E-state index contributed by atoms with van der Waals surface area (Å²) in [6, 6.07) is 14.0. The number of amides is 1. The molecular formula is C20H20FN3O3S. The minimum Gasteiger partial charge on any atom is -0.351 e. The zero-order valence-electron chi connectivity index (χ0n) is 15.1. The van der Waals surface area contributed by atoms with Crippen LogP contribution in [0.25, 0.3) is 10.9 Å². The Kier molecular flexibility index (Phi) is 4.91. The van der Waals surface area contributed by atoms with Gasteiger partial charge in [0, 0.05) is 30.0 Å². The second-order valence-electron chi connectivity index (χ2n) is 6.91. The topological polar surface area (TPSA) is 82.3 Å². The summed E-state index contributed by atoms with van der Waals surface area (Å²) in [6.45, 7) is 0.926. The summed E-state index contributed by atoms with van der Waals surface area (Å²) in [5.41, 5.74) is 1.44. The lowest BCUT2D eigenvalue weighted by atomic mass is 10.1. The molecule has 146 valence electrons. The number of aromatic nitrogens is 1. The van der Waals surface area contributed by atoms with E-state index in [0.717, 1.165) is 23.0 Å². The van der Waals surface area contributed by atoms with Gasteiger partial charge in [0.2, 0.25) is 10.0 Å². The molecule has 1 aliphatic rings. The van der Waals surface area contributed by atoms with Gasteiger partial charge in [0.05, 0.1) is 4.90 Å². The number of sulfonamides is 1. The number of halogens is 1. The van der Waals surface area contributed by atoms with Gasteiger partial charge in [-0.15, -0.1) is 0 Å². The van der Waals surface area contributed by atoms with Crippen molar-refractivity contribution in [2.24, 2.45) is 0 Å². The predicted molar refractivity (Wildman–Crippen MR) is 104 cm³/mol. The molecule has 1 fully saturated rings. The molecule has 0 saturated carbocycles. The molecule has 0 radical (unpaired) electrons. The lowest BCUT2D eigenvalue weighted by Crippen LogP contribution is -2.46. The first kappa shape index (κ1) is 18.6. The second kappa shape index (κ2) is 7.37. The first-order chi connectivity index (χ1) is 13.4. The Morgan fingerprint density at radius 3 is 2.43 bits per heavy atom. The normalized spacial score (nSPS) is 15.8. The standard InChI is InChI=1S/C20H20FN3O3S/c21-15-5-7-17(8-6-15)28(26,27)23-16-9-11-24(12-10-16)20(25)19-13-14-3-1-2-4-18(14)22-19/h1-8,13,16,22-23H,9-12H2. The average Bonchev–Trinajstić information content (AvgIpc) is 3.12. The van der Waals surface area contributed by atoms with Gasteiger partial charge in [-0.1, -0.05) is 18.2 Å². The molecule has 8 heteroatoms. The molecule has 1 aromatic heterocycles. The van der Waals surface area contributed by atoms with Gasteiger partial charge in [-0.3, -0.25) is 4.79 Å². The summed E-state index contributed by atoms with van der Waals surface area (Å²) in [7, 11) is -3.71. The van der Waals surface area contributed by atoms with Crippen LogP contribution in [0, 0.1) is 5.82 Å². The van der Waals surface area contributed by atoms with Crippen LogP contribution in [-0.4, -0.2) is 43.3 Å². The van der Waals surface area contributed by atoms with Gasteiger partial charge in [0.15, 0.2) is 0 Å². The molecule has 6 nitrogen and oxygen atoms in total. The molecule has 1 amide bonds. The predicted octanol–water partition coefficient (Wildman–Crippen LogP) is 2.89. The molecule has 0 unspecified atom stereocenters. The van der Waals surface area contributed by atoms with Crippen LogP contribution in [0.2, 0.25) is 0 Å². The highest BCUT2D eigenvalue weighted by Crippen LogP contribution is 2.20. The van der Waals surface area contributed by atoms with Crippen molar-refractivity contribution in [3.63, 3.8) is 0 Å². The number of likely N-dealkylation sites (tertiary alicyclic amines) is 1. The summed E-state index contributed by atoms with van der Waals surface area (Å²) in [6.07, 6.45) is 1.04. The maximum Gasteiger partial charge on any atom is 0.270 e. The van der Waals surface area contributed by atoms with Crippen LogP contribution in [0.1, 0.15) is 23.3 Å². The molecule has 4 rings (SSSR count). The number of H-pyrrole nitrogens is 1. The average molecular weight is 401 g/mol. The first-order valence-electron chi connectivity index (χ1n) is 9.07. The van der Waals surface area contributed by atoms with E-state index in [1.165, 1.54) is 12.1 Å². The smallest absolute Gasteiger partial charge is 0.270 e. The molecule has 0 atom stereocenters. The van der Waals surface area contributed by atoms with Crippen LogP contribution in [0.3, 0.4) is 0 Å². The molecule has 1 saturated heterocycles. The van der Waals surface area contributed by atoms with Gasteiger partial charge in [0.25, 0.3) is 5.91 Å². The van der Waals surface area contributed by atoms with Crippen molar-refractivity contribution in [1.82, 2.24) is 14.6 Å². The van der Waals surface area contributed by atoms with Gasteiger partial charge in [-0.05, 0) is 49.2 Å². The highest BCUT2D eigenvalue weighted by molar-refractivity contribution is 7.89. The Labute approximate surface area is 162 Å². The van der Waals surface area contributed by atoms with Crippen molar-refractivity contribution in [3.05, 3.63) is 66.1 Å². The number of carbonyl (C=O) groups is 1. The zero-order chi connectivity index (χ0) is 19.7. The van der Waals surface area contributed by atoms with E-state index in [9.17, 15) is 17.6 Å².